The van der Waals surface area contributed by atoms with Crippen LogP contribution in [-0.4, -0.2) is 34.6 Å². The molecule has 1 rings (SSSR count). The van der Waals surface area contributed by atoms with Gasteiger partial charge in [-0.15, -0.1) is 0 Å². The summed E-state index contributed by atoms with van der Waals surface area (Å²) in [6.07, 6.45) is -0.729. The van der Waals surface area contributed by atoms with E-state index in [2.05, 4.69) is 10.5 Å². The summed E-state index contributed by atoms with van der Waals surface area (Å²) in [5, 5.41) is 24.8. The molecule has 1 aromatic heterocycles. The first-order chi connectivity index (χ1) is 7.06. The highest BCUT2D eigenvalue weighted by Crippen LogP contribution is 2.20. The lowest BCUT2D eigenvalue weighted by Gasteiger charge is -2.15. The van der Waals surface area contributed by atoms with E-state index in [1.165, 1.54) is 0 Å². The van der Waals surface area contributed by atoms with E-state index < -0.39 is 6.10 Å². The van der Waals surface area contributed by atoms with Gasteiger partial charge in [-0.3, -0.25) is 0 Å². The summed E-state index contributed by atoms with van der Waals surface area (Å²) in [4.78, 5) is 0. The molecule has 3 N–H and O–H groups in total. The number of hydrogen-bond donors (Lipinski definition) is 3. The van der Waals surface area contributed by atoms with E-state index in [9.17, 15) is 5.11 Å². The van der Waals surface area contributed by atoms with Crippen LogP contribution in [0.25, 0.3) is 0 Å². The predicted molar refractivity (Wildman–Crippen MR) is 55.5 cm³/mol. The van der Waals surface area contributed by atoms with Gasteiger partial charge in [0.2, 0.25) is 0 Å². The predicted octanol–water partition coefficient (Wildman–Crippen LogP) is 0.295. The van der Waals surface area contributed by atoms with Crippen molar-refractivity contribution in [3.8, 4) is 0 Å². The number of hydrogen-bond acceptors (Lipinski definition) is 5. The zero-order chi connectivity index (χ0) is 11.4. The average molecular weight is 214 g/mol. The van der Waals surface area contributed by atoms with E-state index in [-0.39, 0.29) is 12.6 Å². The Morgan fingerprint density at radius 1 is 1.47 bits per heavy atom. The highest BCUT2D eigenvalue weighted by atomic mass is 16.5. The number of rotatable bonds is 5. The van der Waals surface area contributed by atoms with Gasteiger partial charge in [0, 0.05) is 18.2 Å². The Labute approximate surface area is 89.1 Å². The third kappa shape index (κ3) is 3.02. The van der Waals surface area contributed by atoms with Gasteiger partial charge in [-0.25, -0.2) is 0 Å². The average Bonchev–Trinajstić information content (AvgIpc) is 2.54. The van der Waals surface area contributed by atoms with Crippen molar-refractivity contribution in [2.75, 3.05) is 13.2 Å². The lowest BCUT2D eigenvalue weighted by atomic mass is 10.1. The van der Waals surface area contributed by atoms with Crippen LogP contribution >= 0.6 is 0 Å². The van der Waals surface area contributed by atoms with Gasteiger partial charge in [-0.2, -0.15) is 0 Å². The molecule has 2 unspecified atom stereocenters. The van der Waals surface area contributed by atoms with Gasteiger partial charge in [0.15, 0.2) is 0 Å². The molecule has 1 aromatic rings. The fourth-order valence-electron chi connectivity index (χ4n) is 1.59. The second kappa shape index (κ2) is 5.25. The standard InChI is InChI=1S/C10H18N2O3/c1-6(11-4-9(14)5-13)10-7(2)12-15-8(10)3/h6,9,11,13-14H,4-5H2,1-3H3. The molecule has 0 bridgehead atoms. The van der Waals surface area contributed by atoms with Gasteiger partial charge in [-0.1, -0.05) is 5.16 Å². The van der Waals surface area contributed by atoms with E-state index >= 15 is 0 Å². The molecule has 5 nitrogen and oxygen atoms in total. The van der Waals surface area contributed by atoms with Crippen LogP contribution in [0.15, 0.2) is 4.52 Å². The normalized spacial score (nSPS) is 15.3. The van der Waals surface area contributed by atoms with Crippen LogP contribution in [0.4, 0.5) is 0 Å². The Balaban J connectivity index is 2.57. The van der Waals surface area contributed by atoms with Crippen LogP contribution in [0, 0.1) is 13.8 Å². The molecule has 0 radical (unpaired) electrons. The lowest BCUT2D eigenvalue weighted by molar-refractivity contribution is 0.0923. The number of nitrogens with zero attached hydrogens (tertiary/aromatic N) is 1. The van der Waals surface area contributed by atoms with Gasteiger partial charge in [0.05, 0.1) is 18.4 Å². The van der Waals surface area contributed by atoms with Crippen LogP contribution in [0.2, 0.25) is 0 Å². The molecule has 0 fully saturated rings. The molecule has 0 amide bonds. The zero-order valence-corrected chi connectivity index (χ0v) is 9.32. The highest BCUT2D eigenvalue weighted by molar-refractivity contribution is 5.24. The Morgan fingerprint density at radius 3 is 2.60 bits per heavy atom. The smallest absolute Gasteiger partial charge is 0.138 e. The topological polar surface area (TPSA) is 78.5 Å². The molecule has 0 spiro atoms. The molecule has 0 aromatic carbocycles. The highest BCUT2D eigenvalue weighted by Gasteiger charge is 2.16. The first-order valence-corrected chi connectivity index (χ1v) is 5.01. The maximum Gasteiger partial charge on any atom is 0.138 e. The number of aliphatic hydroxyl groups is 2. The molecule has 0 aliphatic rings. The van der Waals surface area contributed by atoms with Crippen molar-refractivity contribution in [3.63, 3.8) is 0 Å². The fraction of sp³-hybridized carbons (Fsp3) is 0.700. The first kappa shape index (κ1) is 12.2. The number of aromatic nitrogens is 1. The Morgan fingerprint density at radius 2 is 2.13 bits per heavy atom. The Bertz CT molecular complexity index is 292. The minimum absolute atomic E-state index is 0.0532. The lowest BCUT2D eigenvalue weighted by Crippen LogP contribution is -2.31. The molecule has 1 heterocycles. The summed E-state index contributed by atoms with van der Waals surface area (Å²) in [7, 11) is 0. The Kier molecular flexibility index (Phi) is 4.26. The van der Waals surface area contributed by atoms with Crippen LogP contribution in [0.1, 0.15) is 30.0 Å². The van der Waals surface area contributed by atoms with Crippen molar-refractivity contribution in [3.05, 3.63) is 17.0 Å². The summed E-state index contributed by atoms with van der Waals surface area (Å²) in [6, 6.07) is 0.0532. The van der Waals surface area contributed by atoms with Crippen LogP contribution in [0.3, 0.4) is 0 Å². The molecule has 0 saturated heterocycles. The summed E-state index contributed by atoms with van der Waals surface area (Å²) < 4.78 is 5.05. The van der Waals surface area contributed by atoms with Crippen molar-refractivity contribution < 1.29 is 14.7 Å². The molecule has 15 heavy (non-hydrogen) atoms. The minimum atomic E-state index is -0.729. The summed E-state index contributed by atoms with van der Waals surface area (Å²) in [5.74, 6) is 0.783. The van der Waals surface area contributed by atoms with Gasteiger partial charge in [0.1, 0.15) is 5.76 Å². The van der Waals surface area contributed by atoms with Gasteiger partial charge in [-0.05, 0) is 20.8 Å². The molecule has 86 valence electrons. The van der Waals surface area contributed by atoms with E-state index in [1.807, 2.05) is 20.8 Å². The van der Waals surface area contributed by atoms with Crippen molar-refractivity contribution in [1.29, 1.82) is 0 Å². The van der Waals surface area contributed by atoms with Crippen molar-refractivity contribution in [2.45, 2.75) is 32.9 Å². The molecular formula is C10H18N2O3. The minimum Gasteiger partial charge on any atom is -0.394 e. The molecule has 0 aliphatic heterocycles. The largest absolute Gasteiger partial charge is 0.394 e. The molecule has 2 atom stereocenters. The quantitative estimate of drug-likeness (QED) is 0.657. The molecule has 5 heteroatoms. The second-order valence-corrected chi connectivity index (χ2v) is 3.70. The third-order valence-corrected chi connectivity index (χ3v) is 2.39. The van der Waals surface area contributed by atoms with E-state index in [0.717, 1.165) is 17.0 Å². The van der Waals surface area contributed by atoms with Gasteiger partial charge < -0.3 is 20.1 Å². The van der Waals surface area contributed by atoms with Crippen molar-refractivity contribution in [2.24, 2.45) is 0 Å². The van der Waals surface area contributed by atoms with E-state index in [0.29, 0.717) is 6.54 Å². The number of aliphatic hydroxyl groups excluding tert-OH is 2. The first-order valence-electron chi connectivity index (χ1n) is 5.01. The zero-order valence-electron chi connectivity index (χ0n) is 9.32. The second-order valence-electron chi connectivity index (χ2n) is 3.70. The fourth-order valence-corrected chi connectivity index (χ4v) is 1.59. The van der Waals surface area contributed by atoms with Crippen LogP contribution in [0.5, 0.6) is 0 Å². The maximum atomic E-state index is 9.19. The number of aryl methyl sites for hydroxylation is 2. The van der Waals surface area contributed by atoms with Gasteiger partial charge >= 0.3 is 0 Å². The summed E-state index contributed by atoms with van der Waals surface area (Å²) >= 11 is 0. The Hall–Kier alpha value is -0.910. The monoisotopic (exact) mass is 214 g/mol. The van der Waals surface area contributed by atoms with Crippen LogP contribution < -0.4 is 5.32 Å². The third-order valence-electron chi connectivity index (χ3n) is 2.39. The van der Waals surface area contributed by atoms with Crippen molar-refractivity contribution in [1.82, 2.24) is 10.5 Å². The summed E-state index contributed by atoms with van der Waals surface area (Å²) in [5.41, 5.74) is 1.87. The van der Waals surface area contributed by atoms with Crippen LogP contribution in [-0.2, 0) is 0 Å². The molecule has 0 aliphatic carbocycles. The summed E-state index contributed by atoms with van der Waals surface area (Å²) in [6.45, 7) is 5.82. The molecular weight excluding hydrogens is 196 g/mol. The van der Waals surface area contributed by atoms with E-state index in [4.69, 9.17) is 9.63 Å². The van der Waals surface area contributed by atoms with Crippen molar-refractivity contribution >= 4 is 0 Å². The van der Waals surface area contributed by atoms with E-state index in [1.54, 1.807) is 0 Å². The molecule has 0 saturated carbocycles. The SMILES string of the molecule is Cc1noc(C)c1C(C)NCC(O)CO. The van der Waals surface area contributed by atoms with Gasteiger partial charge in [0.25, 0.3) is 0 Å². The maximum absolute atomic E-state index is 9.19. The number of nitrogens with one attached hydrogen (secondary N) is 1.